The number of halogens is 1. The number of hydrogen-bond donors (Lipinski definition) is 3. The number of pyridine rings is 1. The van der Waals surface area contributed by atoms with Crippen LogP contribution in [0.4, 0.5) is 5.69 Å². The van der Waals surface area contributed by atoms with Gasteiger partial charge in [0, 0.05) is 35.7 Å². The number of morpholine rings is 1. The van der Waals surface area contributed by atoms with E-state index in [0.29, 0.717) is 16.4 Å². The molecule has 0 bridgehead atoms. The van der Waals surface area contributed by atoms with Gasteiger partial charge in [-0.3, -0.25) is 4.79 Å². The minimum Gasteiger partial charge on any atom is -0.378 e. The maximum absolute atomic E-state index is 13.4. The maximum Gasteiger partial charge on any atom is 0.259 e. The van der Waals surface area contributed by atoms with E-state index in [1.165, 1.54) is 0 Å². The average Bonchev–Trinajstić information content (AvgIpc) is 3.27. The molecule has 2 aromatic carbocycles. The van der Waals surface area contributed by atoms with Crippen molar-refractivity contribution in [2.75, 3.05) is 44.3 Å². The SMILES string of the molecule is O=c1[nH]c2cc(Cl)ccc2c(C2CCCNC2)c1-c1nc2ccc(N3CCOCC3)cc2[nH]1. The van der Waals surface area contributed by atoms with E-state index in [2.05, 4.69) is 32.3 Å². The van der Waals surface area contributed by atoms with Gasteiger partial charge in [0.15, 0.2) is 0 Å². The molecule has 4 heterocycles. The Morgan fingerprint density at radius 1 is 1.06 bits per heavy atom. The number of fused-ring (bicyclic) bond motifs is 2. The predicted molar refractivity (Wildman–Crippen MR) is 133 cm³/mol. The largest absolute Gasteiger partial charge is 0.378 e. The Morgan fingerprint density at radius 3 is 2.76 bits per heavy atom. The number of imidazole rings is 1. The van der Waals surface area contributed by atoms with Crippen molar-refractivity contribution < 1.29 is 4.74 Å². The Labute approximate surface area is 196 Å². The van der Waals surface area contributed by atoms with Crippen LogP contribution in [0.25, 0.3) is 33.3 Å². The molecule has 0 aliphatic carbocycles. The zero-order chi connectivity index (χ0) is 22.4. The van der Waals surface area contributed by atoms with Gasteiger partial charge in [-0.2, -0.15) is 0 Å². The third kappa shape index (κ3) is 3.80. The quantitative estimate of drug-likeness (QED) is 0.427. The summed E-state index contributed by atoms with van der Waals surface area (Å²) in [5.74, 6) is 0.847. The van der Waals surface area contributed by atoms with Crippen LogP contribution in [-0.2, 0) is 4.74 Å². The normalized spacial score (nSPS) is 19.4. The molecule has 33 heavy (non-hydrogen) atoms. The molecular formula is C25H26ClN5O2. The number of benzene rings is 2. The molecule has 2 fully saturated rings. The molecule has 2 aromatic heterocycles. The molecule has 4 aromatic rings. The van der Waals surface area contributed by atoms with Crippen LogP contribution in [0.1, 0.15) is 24.3 Å². The minimum absolute atomic E-state index is 0.141. The van der Waals surface area contributed by atoms with E-state index in [4.69, 9.17) is 21.3 Å². The average molecular weight is 464 g/mol. The first-order chi connectivity index (χ1) is 16.2. The Bertz CT molecular complexity index is 1380. The van der Waals surface area contributed by atoms with Gasteiger partial charge < -0.3 is 24.9 Å². The first kappa shape index (κ1) is 20.7. The van der Waals surface area contributed by atoms with Gasteiger partial charge >= 0.3 is 0 Å². The van der Waals surface area contributed by atoms with Gasteiger partial charge in [-0.05, 0) is 61.2 Å². The van der Waals surface area contributed by atoms with Crippen LogP contribution < -0.4 is 15.8 Å². The maximum atomic E-state index is 13.4. The van der Waals surface area contributed by atoms with Gasteiger partial charge in [0.1, 0.15) is 5.82 Å². The van der Waals surface area contributed by atoms with Gasteiger partial charge in [-0.15, -0.1) is 0 Å². The van der Waals surface area contributed by atoms with Gasteiger partial charge in [-0.25, -0.2) is 4.98 Å². The summed E-state index contributed by atoms with van der Waals surface area (Å²) in [5.41, 5.74) is 5.22. The van der Waals surface area contributed by atoms with Gasteiger partial charge in [0.05, 0.1) is 35.3 Å². The number of hydrogen-bond acceptors (Lipinski definition) is 5. The van der Waals surface area contributed by atoms with Crippen molar-refractivity contribution >= 4 is 39.2 Å². The van der Waals surface area contributed by atoms with E-state index in [0.717, 1.165) is 85.4 Å². The summed E-state index contributed by atoms with van der Waals surface area (Å²) in [6.45, 7) is 5.07. The van der Waals surface area contributed by atoms with Gasteiger partial charge in [0.25, 0.3) is 5.56 Å². The van der Waals surface area contributed by atoms with E-state index in [1.807, 2.05) is 24.3 Å². The zero-order valence-electron chi connectivity index (χ0n) is 18.3. The molecule has 6 rings (SSSR count). The highest BCUT2D eigenvalue weighted by molar-refractivity contribution is 6.31. The number of rotatable bonds is 3. The van der Waals surface area contributed by atoms with E-state index in [1.54, 1.807) is 0 Å². The standard InChI is InChI=1S/C25H26ClN5O2/c26-16-3-5-18-20(12-16)30-25(32)23(22(18)15-2-1-7-27-14-15)24-28-19-6-4-17(13-21(19)29-24)31-8-10-33-11-9-31/h3-6,12-13,15,27H,1-2,7-11,14H2,(H,28,29)(H,30,32). The van der Waals surface area contributed by atoms with Crippen molar-refractivity contribution in [2.45, 2.75) is 18.8 Å². The Hall–Kier alpha value is -2.87. The fourth-order valence-electron chi connectivity index (χ4n) is 5.19. The number of H-pyrrole nitrogens is 2. The number of aromatic nitrogens is 3. The van der Waals surface area contributed by atoms with Crippen LogP contribution in [0, 0.1) is 0 Å². The monoisotopic (exact) mass is 463 g/mol. The van der Waals surface area contributed by atoms with Gasteiger partial charge in [0.2, 0.25) is 0 Å². The molecule has 0 amide bonds. The number of anilines is 1. The lowest BCUT2D eigenvalue weighted by atomic mass is 9.86. The molecule has 7 nitrogen and oxygen atoms in total. The van der Waals surface area contributed by atoms with E-state index in [-0.39, 0.29) is 11.5 Å². The molecule has 2 saturated heterocycles. The Kier molecular flexibility index (Phi) is 5.32. The van der Waals surface area contributed by atoms with Crippen LogP contribution in [0.5, 0.6) is 0 Å². The van der Waals surface area contributed by atoms with Crippen LogP contribution in [-0.4, -0.2) is 54.3 Å². The number of nitrogens with zero attached hydrogens (tertiary/aromatic N) is 2. The number of nitrogens with one attached hydrogen (secondary N) is 3. The number of ether oxygens (including phenoxy) is 1. The molecule has 170 valence electrons. The van der Waals surface area contributed by atoms with Crippen molar-refractivity contribution in [3.8, 4) is 11.4 Å². The van der Waals surface area contributed by atoms with E-state index >= 15 is 0 Å². The minimum atomic E-state index is -0.141. The molecule has 0 radical (unpaired) electrons. The van der Waals surface area contributed by atoms with Crippen molar-refractivity contribution in [1.82, 2.24) is 20.3 Å². The number of aromatic amines is 2. The zero-order valence-corrected chi connectivity index (χ0v) is 19.0. The van der Waals surface area contributed by atoms with Gasteiger partial charge in [-0.1, -0.05) is 17.7 Å². The van der Waals surface area contributed by atoms with Crippen LogP contribution in [0.2, 0.25) is 5.02 Å². The smallest absolute Gasteiger partial charge is 0.259 e. The molecule has 8 heteroatoms. The first-order valence-electron chi connectivity index (χ1n) is 11.6. The van der Waals surface area contributed by atoms with Crippen LogP contribution >= 0.6 is 11.6 Å². The van der Waals surface area contributed by atoms with Crippen LogP contribution in [0.15, 0.2) is 41.2 Å². The van der Waals surface area contributed by atoms with Crippen molar-refractivity contribution in [3.63, 3.8) is 0 Å². The molecule has 2 aliphatic rings. The third-order valence-electron chi connectivity index (χ3n) is 6.80. The summed E-state index contributed by atoms with van der Waals surface area (Å²) in [4.78, 5) is 27.1. The third-order valence-corrected chi connectivity index (χ3v) is 7.04. The highest BCUT2D eigenvalue weighted by Gasteiger charge is 2.26. The second-order valence-electron chi connectivity index (χ2n) is 8.86. The summed E-state index contributed by atoms with van der Waals surface area (Å²) in [6.07, 6.45) is 2.11. The molecular weight excluding hydrogens is 438 g/mol. The summed E-state index contributed by atoms with van der Waals surface area (Å²) in [5, 5.41) is 5.13. The summed E-state index contributed by atoms with van der Waals surface area (Å²) < 4.78 is 5.48. The molecule has 2 aliphatic heterocycles. The Balaban J connectivity index is 1.52. The summed E-state index contributed by atoms with van der Waals surface area (Å²) in [7, 11) is 0. The van der Waals surface area contributed by atoms with Crippen molar-refractivity contribution in [1.29, 1.82) is 0 Å². The molecule has 1 atom stereocenters. The second-order valence-corrected chi connectivity index (χ2v) is 9.30. The first-order valence-corrected chi connectivity index (χ1v) is 11.9. The molecule has 1 unspecified atom stereocenters. The fraction of sp³-hybridized carbons (Fsp3) is 0.360. The van der Waals surface area contributed by atoms with E-state index < -0.39 is 0 Å². The lowest BCUT2D eigenvalue weighted by Gasteiger charge is -2.28. The molecule has 0 saturated carbocycles. The molecule has 0 spiro atoms. The highest BCUT2D eigenvalue weighted by Crippen LogP contribution is 2.36. The summed E-state index contributed by atoms with van der Waals surface area (Å²) >= 11 is 6.23. The van der Waals surface area contributed by atoms with Crippen LogP contribution in [0.3, 0.4) is 0 Å². The fourth-order valence-corrected chi connectivity index (χ4v) is 5.36. The topological polar surface area (TPSA) is 86.0 Å². The van der Waals surface area contributed by atoms with Crippen molar-refractivity contribution in [2.24, 2.45) is 0 Å². The number of piperidine rings is 1. The molecule has 3 N–H and O–H groups in total. The predicted octanol–water partition coefficient (Wildman–Crippen LogP) is 4.03. The lowest BCUT2D eigenvalue weighted by Crippen LogP contribution is -2.36. The summed E-state index contributed by atoms with van der Waals surface area (Å²) in [6, 6.07) is 12.0. The second kappa shape index (κ2) is 8.48. The lowest BCUT2D eigenvalue weighted by molar-refractivity contribution is 0.122. The highest BCUT2D eigenvalue weighted by atomic mass is 35.5. The van der Waals surface area contributed by atoms with E-state index in [9.17, 15) is 4.79 Å². The Morgan fingerprint density at radius 2 is 1.94 bits per heavy atom. The van der Waals surface area contributed by atoms with Crippen molar-refractivity contribution in [3.05, 3.63) is 57.3 Å².